The molecule has 1 fully saturated rings. The van der Waals surface area contributed by atoms with Crippen LogP contribution in [0.2, 0.25) is 0 Å². The lowest BCUT2D eigenvalue weighted by molar-refractivity contribution is 0.391. The molecule has 80 valence electrons. The molecule has 0 amide bonds. The van der Waals surface area contributed by atoms with E-state index in [1.165, 1.54) is 42.2 Å². The largest absolute Gasteiger partial charge is 0.305 e. The second kappa shape index (κ2) is 6.03. The van der Waals surface area contributed by atoms with Crippen molar-refractivity contribution < 1.29 is 0 Å². The SMILES string of the molecule is C1CCC(NCSC2=NCCS2)CC1. The third-order valence-electron chi connectivity index (χ3n) is 2.73. The van der Waals surface area contributed by atoms with Gasteiger partial charge in [0.1, 0.15) is 4.38 Å². The molecule has 1 heterocycles. The van der Waals surface area contributed by atoms with E-state index in [2.05, 4.69) is 10.3 Å². The quantitative estimate of drug-likeness (QED) is 0.754. The van der Waals surface area contributed by atoms with E-state index in [1.807, 2.05) is 23.5 Å². The van der Waals surface area contributed by atoms with Gasteiger partial charge in [-0.2, -0.15) is 0 Å². The van der Waals surface area contributed by atoms with Crippen LogP contribution in [0.4, 0.5) is 0 Å². The molecule has 4 heteroatoms. The zero-order valence-electron chi connectivity index (χ0n) is 8.50. The number of aliphatic imine (C=N–C) groups is 1. The molecule has 0 atom stereocenters. The Morgan fingerprint density at radius 3 is 2.93 bits per heavy atom. The van der Waals surface area contributed by atoms with Crippen LogP contribution in [-0.4, -0.2) is 28.6 Å². The predicted octanol–water partition coefficient (Wildman–Crippen LogP) is 2.70. The molecule has 0 unspecified atom stereocenters. The zero-order chi connectivity index (χ0) is 9.64. The van der Waals surface area contributed by atoms with E-state index in [4.69, 9.17) is 0 Å². The first-order valence-electron chi connectivity index (χ1n) is 5.48. The Bertz CT molecular complexity index is 200. The first-order chi connectivity index (χ1) is 6.95. The fourth-order valence-corrected chi connectivity index (χ4v) is 3.86. The smallest absolute Gasteiger partial charge is 0.125 e. The Morgan fingerprint density at radius 2 is 2.21 bits per heavy atom. The molecule has 2 nitrogen and oxygen atoms in total. The lowest BCUT2D eigenvalue weighted by Gasteiger charge is -2.22. The summed E-state index contributed by atoms with van der Waals surface area (Å²) in [7, 11) is 0. The van der Waals surface area contributed by atoms with Crippen molar-refractivity contribution in [1.29, 1.82) is 0 Å². The van der Waals surface area contributed by atoms with Crippen molar-refractivity contribution in [3.05, 3.63) is 0 Å². The van der Waals surface area contributed by atoms with Crippen LogP contribution in [0, 0.1) is 0 Å². The maximum absolute atomic E-state index is 4.42. The van der Waals surface area contributed by atoms with E-state index in [9.17, 15) is 0 Å². The van der Waals surface area contributed by atoms with Crippen LogP contribution < -0.4 is 5.32 Å². The topological polar surface area (TPSA) is 24.4 Å². The summed E-state index contributed by atoms with van der Waals surface area (Å²) in [6.45, 7) is 1.02. The fourth-order valence-electron chi connectivity index (χ4n) is 1.93. The van der Waals surface area contributed by atoms with Crippen molar-refractivity contribution in [2.75, 3.05) is 18.2 Å². The Labute approximate surface area is 94.7 Å². The molecule has 2 aliphatic rings. The number of thioether (sulfide) groups is 2. The van der Waals surface area contributed by atoms with Crippen molar-refractivity contribution in [2.24, 2.45) is 4.99 Å². The predicted molar refractivity (Wildman–Crippen MR) is 67.2 cm³/mol. The first-order valence-corrected chi connectivity index (χ1v) is 7.46. The lowest BCUT2D eigenvalue weighted by Crippen LogP contribution is -2.30. The van der Waals surface area contributed by atoms with Crippen LogP contribution in [0.25, 0.3) is 0 Å². The Balaban J connectivity index is 1.57. The summed E-state index contributed by atoms with van der Waals surface area (Å²) in [5.41, 5.74) is 0. The summed E-state index contributed by atoms with van der Waals surface area (Å²) in [6.07, 6.45) is 7.02. The van der Waals surface area contributed by atoms with Gasteiger partial charge >= 0.3 is 0 Å². The van der Waals surface area contributed by atoms with E-state index in [0.717, 1.165) is 18.5 Å². The van der Waals surface area contributed by atoms with Gasteiger partial charge in [0, 0.05) is 17.7 Å². The Hall–Kier alpha value is 0.330. The van der Waals surface area contributed by atoms with Crippen LogP contribution in [0.1, 0.15) is 32.1 Å². The standard InChI is InChI=1S/C10H18N2S2/c1-2-4-9(5-3-1)12-8-14-10-11-6-7-13-10/h9,12H,1-8H2. The van der Waals surface area contributed by atoms with Crippen LogP contribution in [0.5, 0.6) is 0 Å². The van der Waals surface area contributed by atoms with E-state index in [0.29, 0.717) is 0 Å². The fraction of sp³-hybridized carbons (Fsp3) is 0.900. The van der Waals surface area contributed by atoms with Crippen LogP contribution in [0.15, 0.2) is 4.99 Å². The molecule has 0 spiro atoms. The highest BCUT2D eigenvalue weighted by Crippen LogP contribution is 2.22. The van der Waals surface area contributed by atoms with Crippen molar-refractivity contribution in [3.8, 4) is 0 Å². The molecule has 1 aliphatic carbocycles. The molecule has 14 heavy (non-hydrogen) atoms. The van der Waals surface area contributed by atoms with E-state index < -0.39 is 0 Å². The molecule has 0 aromatic heterocycles. The van der Waals surface area contributed by atoms with Crippen molar-refractivity contribution >= 4 is 27.9 Å². The third-order valence-corrected chi connectivity index (χ3v) is 4.89. The van der Waals surface area contributed by atoms with Gasteiger partial charge in [0.05, 0.1) is 6.54 Å². The average molecular weight is 230 g/mol. The van der Waals surface area contributed by atoms with Gasteiger partial charge in [-0.15, -0.1) is 0 Å². The number of rotatable bonds is 3. The second-order valence-corrected chi connectivity index (χ2v) is 6.13. The molecule has 2 rings (SSSR count). The van der Waals surface area contributed by atoms with Gasteiger partial charge < -0.3 is 5.32 Å². The first kappa shape index (κ1) is 10.8. The Kier molecular flexibility index (Phi) is 4.67. The average Bonchev–Trinajstić information content (AvgIpc) is 2.72. The Morgan fingerprint density at radius 1 is 1.36 bits per heavy atom. The van der Waals surface area contributed by atoms with Crippen molar-refractivity contribution in [3.63, 3.8) is 0 Å². The molecule has 1 N–H and O–H groups in total. The van der Waals surface area contributed by atoms with Crippen molar-refractivity contribution in [2.45, 2.75) is 38.1 Å². The molecular weight excluding hydrogens is 212 g/mol. The molecule has 1 aliphatic heterocycles. The highest BCUT2D eigenvalue weighted by molar-refractivity contribution is 8.39. The molecule has 0 aromatic rings. The van der Waals surface area contributed by atoms with Gasteiger partial charge in [0.15, 0.2) is 0 Å². The maximum atomic E-state index is 4.42. The summed E-state index contributed by atoms with van der Waals surface area (Å²) in [5, 5.41) is 3.62. The maximum Gasteiger partial charge on any atom is 0.125 e. The van der Waals surface area contributed by atoms with Crippen molar-refractivity contribution in [1.82, 2.24) is 5.32 Å². The minimum Gasteiger partial charge on any atom is -0.305 e. The molecule has 1 saturated carbocycles. The highest BCUT2D eigenvalue weighted by Gasteiger charge is 2.13. The van der Waals surface area contributed by atoms with Gasteiger partial charge in [0.25, 0.3) is 0 Å². The summed E-state index contributed by atoms with van der Waals surface area (Å²) in [5.74, 6) is 2.24. The monoisotopic (exact) mass is 230 g/mol. The minimum atomic E-state index is 0.781. The van der Waals surface area contributed by atoms with Gasteiger partial charge in [-0.3, -0.25) is 4.99 Å². The number of hydrogen-bond acceptors (Lipinski definition) is 4. The van der Waals surface area contributed by atoms with Gasteiger partial charge in [-0.1, -0.05) is 42.8 Å². The lowest BCUT2D eigenvalue weighted by atomic mass is 9.96. The number of hydrogen-bond donors (Lipinski definition) is 1. The molecule has 0 saturated heterocycles. The van der Waals surface area contributed by atoms with Crippen LogP contribution in [-0.2, 0) is 0 Å². The van der Waals surface area contributed by atoms with Gasteiger partial charge in [-0.25, -0.2) is 0 Å². The second-order valence-electron chi connectivity index (χ2n) is 3.82. The summed E-state index contributed by atoms with van der Waals surface area (Å²) < 4.78 is 1.29. The summed E-state index contributed by atoms with van der Waals surface area (Å²) >= 11 is 3.78. The van der Waals surface area contributed by atoms with Crippen LogP contribution in [0.3, 0.4) is 0 Å². The molecular formula is C10H18N2S2. The van der Waals surface area contributed by atoms with E-state index in [-0.39, 0.29) is 0 Å². The number of nitrogens with one attached hydrogen (secondary N) is 1. The highest BCUT2D eigenvalue weighted by atomic mass is 32.2. The van der Waals surface area contributed by atoms with Gasteiger partial charge in [0.2, 0.25) is 0 Å². The van der Waals surface area contributed by atoms with E-state index in [1.54, 1.807) is 0 Å². The summed E-state index contributed by atoms with van der Waals surface area (Å²) in [4.78, 5) is 4.42. The van der Waals surface area contributed by atoms with E-state index >= 15 is 0 Å². The normalized spacial score (nSPS) is 23.9. The molecule has 0 aromatic carbocycles. The number of nitrogens with zero attached hydrogens (tertiary/aromatic N) is 1. The third kappa shape index (κ3) is 3.48. The molecule has 0 radical (unpaired) electrons. The van der Waals surface area contributed by atoms with Crippen LogP contribution >= 0.6 is 23.5 Å². The molecule has 0 bridgehead atoms. The van der Waals surface area contributed by atoms with Gasteiger partial charge in [-0.05, 0) is 12.8 Å². The zero-order valence-corrected chi connectivity index (χ0v) is 10.1. The summed E-state index contributed by atoms with van der Waals surface area (Å²) in [6, 6.07) is 0.781. The minimum absolute atomic E-state index is 0.781.